The molecule has 1 aromatic carbocycles. The Morgan fingerprint density at radius 1 is 1.16 bits per heavy atom. The van der Waals surface area contributed by atoms with Crippen LogP contribution in [0.4, 0.5) is 19.0 Å². The van der Waals surface area contributed by atoms with Gasteiger partial charge in [0, 0.05) is 10.9 Å². The van der Waals surface area contributed by atoms with Crippen molar-refractivity contribution in [3.8, 4) is 5.69 Å². The zero-order chi connectivity index (χ0) is 23.3. The van der Waals surface area contributed by atoms with Crippen molar-refractivity contribution in [3.05, 3.63) is 55.7 Å². The molecular weight excluding hydrogens is 453 g/mol. The summed E-state index contributed by atoms with van der Waals surface area (Å²) in [6, 6.07) is 5.57. The molecule has 12 heteroatoms. The number of anilines is 1. The Morgan fingerprint density at radius 3 is 2.47 bits per heavy atom. The number of rotatable bonds is 3. The van der Waals surface area contributed by atoms with Gasteiger partial charge in [-0.3, -0.25) is 19.4 Å². The molecule has 1 aromatic heterocycles. The van der Waals surface area contributed by atoms with E-state index in [2.05, 4.69) is 0 Å². The maximum atomic E-state index is 14.4. The second kappa shape index (κ2) is 7.80. The third-order valence-electron chi connectivity index (χ3n) is 5.84. The maximum Gasteiger partial charge on any atom is 0.425 e. The van der Waals surface area contributed by atoms with Gasteiger partial charge >= 0.3 is 11.9 Å². The molecule has 0 radical (unpaired) electrons. The van der Waals surface area contributed by atoms with Gasteiger partial charge in [0.15, 0.2) is 0 Å². The molecule has 32 heavy (non-hydrogen) atoms. The predicted octanol–water partition coefficient (Wildman–Crippen LogP) is 2.59. The number of H-pyrrole nitrogens is 1. The Hall–Kier alpha value is -3.08. The topological polar surface area (TPSA) is 113 Å². The highest BCUT2D eigenvalue weighted by Crippen LogP contribution is 2.45. The van der Waals surface area contributed by atoms with Gasteiger partial charge in [0.2, 0.25) is 11.4 Å². The summed E-state index contributed by atoms with van der Waals surface area (Å²) in [5, 5.41) is 3.99. The van der Waals surface area contributed by atoms with Gasteiger partial charge in [0.25, 0.3) is 11.5 Å². The van der Waals surface area contributed by atoms with Crippen molar-refractivity contribution < 1.29 is 22.8 Å². The van der Waals surface area contributed by atoms with Crippen molar-refractivity contribution in [2.45, 2.75) is 43.8 Å². The van der Waals surface area contributed by atoms with Crippen LogP contribution in [-0.4, -0.2) is 27.5 Å². The minimum atomic E-state index is -5.36. The van der Waals surface area contributed by atoms with Crippen molar-refractivity contribution in [2.75, 3.05) is 5.32 Å². The van der Waals surface area contributed by atoms with Gasteiger partial charge in [-0.2, -0.15) is 13.2 Å². The summed E-state index contributed by atoms with van der Waals surface area (Å²) in [5.74, 6) is -4.02. The number of carbonyl (C=O) groups excluding carboxylic acids is 2. The van der Waals surface area contributed by atoms with Crippen LogP contribution >= 0.6 is 11.6 Å². The highest BCUT2D eigenvalue weighted by atomic mass is 35.5. The molecule has 2 aliphatic rings. The Kier molecular flexibility index (Phi) is 5.40. The summed E-state index contributed by atoms with van der Waals surface area (Å²) in [5.41, 5.74) is -7.22. The zero-order valence-electron chi connectivity index (χ0n) is 16.5. The fourth-order valence-corrected chi connectivity index (χ4v) is 4.48. The standard InChI is InChI=1S/C20H18ClF3N4O4/c21-11-7-4-8-12(9-11)28-14-13(16(30)26-18(28)32)19(17(31)25-14,20(22,23)24)27-15(29)10-5-2-1-3-6-10/h4,7-10H,1-3,5-6H2,(H,25,31)(H,27,29)(H,26,30,32)/t19-/m1/s1. The fraction of sp³-hybridized carbons (Fsp3) is 0.400. The molecule has 1 aliphatic carbocycles. The lowest BCUT2D eigenvalue weighted by molar-refractivity contribution is -0.201. The van der Waals surface area contributed by atoms with Crippen LogP contribution in [0.5, 0.6) is 0 Å². The van der Waals surface area contributed by atoms with Crippen molar-refractivity contribution in [1.29, 1.82) is 0 Å². The van der Waals surface area contributed by atoms with Crippen LogP contribution in [0.1, 0.15) is 37.7 Å². The van der Waals surface area contributed by atoms with Gasteiger partial charge in [-0.15, -0.1) is 0 Å². The summed E-state index contributed by atoms with van der Waals surface area (Å²) < 4.78 is 44.0. The molecule has 0 bridgehead atoms. The van der Waals surface area contributed by atoms with E-state index in [4.69, 9.17) is 11.6 Å². The molecule has 1 fully saturated rings. The van der Waals surface area contributed by atoms with E-state index >= 15 is 0 Å². The van der Waals surface area contributed by atoms with Crippen molar-refractivity contribution >= 4 is 29.2 Å². The largest absolute Gasteiger partial charge is 0.425 e. The number of nitrogens with zero attached hydrogens (tertiary/aromatic N) is 1. The average Bonchev–Trinajstić information content (AvgIpc) is 3.02. The van der Waals surface area contributed by atoms with Crippen LogP contribution < -0.4 is 21.9 Å². The second-order valence-electron chi connectivity index (χ2n) is 7.82. The van der Waals surface area contributed by atoms with E-state index < -0.39 is 52.1 Å². The third kappa shape index (κ3) is 3.40. The van der Waals surface area contributed by atoms with Gasteiger partial charge < -0.3 is 10.6 Å². The molecule has 8 nitrogen and oxygen atoms in total. The molecule has 170 valence electrons. The second-order valence-corrected chi connectivity index (χ2v) is 8.26. The van der Waals surface area contributed by atoms with E-state index in [-0.39, 0.29) is 10.7 Å². The number of nitrogens with one attached hydrogen (secondary N) is 3. The molecule has 3 N–H and O–H groups in total. The van der Waals surface area contributed by atoms with E-state index in [1.54, 1.807) is 0 Å². The number of hydrogen-bond donors (Lipinski definition) is 3. The fourth-order valence-electron chi connectivity index (χ4n) is 4.29. The van der Waals surface area contributed by atoms with Crippen LogP contribution in [-0.2, 0) is 15.1 Å². The Labute approximate surface area is 183 Å². The number of alkyl halides is 3. The number of aromatic amines is 1. The van der Waals surface area contributed by atoms with Crippen molar-refractivity contribution in [3.63, 3.8) is 0 Å². The number of hydrogen-bond acceptors (Lipinski definition) is 4. The lowest BCUT2D eigenvalue weighted by atomic mass is 9.86. The van der Waals surface area contributed by atoms with Crippen LogP contribution in [0, 0.1) is 5.92 Å². The van der Waals surface area contributed by atoms with Crippen molar-refractivity contribution in [2.24, 2.45) is 5.92 Å². The summed E-state index contributed by atoms with van der Waals surface area (Å²) in [6.07, 6.45) is -2.39. The highest BCUT2D eigenvalue weighted by molar-refractivity contribution is 6.30. The molecule has 2 amide bonds. The smallest absolute Gasteiger partial charge is 0.330 e. The molecule has 0 unspecified atom stereocenters. The Bertz CT molecular complexity index is 1220. The molecule has 1 aliphatic heterocycles. The van der Waals surface area contributed by atoms with Crippen LogP contribution in [0.2, 0.25) is 5.02 Å². The minimum Gasteiger partial charge on any atom is -0.330 e. The number of benzene rings is 1. The van der Waals surface area contributed by atoms with E-state index in [0.29, 0.717) is 30.3 Å². The molecule has 1 saturated carbocycles. The first-order valence-corrected chi connectivity index (χ1v) is 10.3. The lowest BCUT2D eigenvalue weighted by Crippen LogP contribution is -2.63. The summed E-state index contributed by atoms with van der Waals surface area (Å²) in [4.78, 5) is 52.5. The quantitative estimate of drug-likeness (QED) is 0.640. The first-order valence-electron chi connectivity index (χ1n) is 9.92. The normalized spacial score (nSPS) is 21.2. The third-order valence-corrected chi connectivity index (χ3v) is 6.07. The number of fused-ring (bicyclic) bond motifs is 1. The van der Waals surface area contributed by atoms with Gasteiger partial charge in [-0.25, -0.2) is 9.36 Å². The lowest BCUT2D eigenvalue weighted by Gasteiger charge is -2.32. The Balaban J connectivity index is 1.93. The molecule has 0 spiro atoms. The SMILES string of the molecule is O=C(N[C@@]1(C(F)(F)F)C(=O)Nc2c1c(=O)[nH]c(=O)n2-c1cccc(Cl)c1)C1CCCCC1. The molecule has 1 atom stereocenters. The summed E-state index contributed by atoms with van der Waals surface area (Å²) >= 11 is 5.93. The number of aromatic nitrogens is 2. The monoisotopic (exact) mass is 470 g/mol. The van der Waals surface area contributed by atoms with Crippen LogP contribution in [0.25, 0.3) is 5.69 Å². The van der Waals surface area contributed by atoms with E-state index in [0.717, 1.165) is 6.42 Å². The van der Waals surface area contributed by atoms with Crippen LogP contribution in [0.15, 0.2) is 33.9 Å². The molecule has 4 rings (SSSR count). The van der Waals surface area contributed by atoms with Gasteiger partial charge in [0.1, 0.15) is 11.4 Å². The molecule has 0 saturated heterocycles. The maximum absolute atomic E-state index is 14.4. The average molecular weight is 471 g/mol. The first-order chi connectivity index (χ1) is 15.1. The zero-order valence-corrected chi connectivity index (χ0v) is 17.3. The van der Waals surface area contributed by atoms with Gasteiger partial charge in [0.05, 0.1) is 5.69 Å². The van der Waals surface area contributed by atoms with Crippen LogP contribution in [0.3, 0.4) is 0 Å². The molecule has 2 aromatic rings. The number of amides is 2. The van der Waals surface area contributed by atoms with E-state index in [1.807, 2.05) is 15.6 Å². The highest BCUT2D eigenvalue weighted by Gasteiger charge is 2.68. The summed E-state index contributed by atoms with van der Waals surface area (Å²) in [6.45, 7) is 0. The van der Waals surface area contributed by atoms with E-state index in [9.17, 15) is 32.3 Å². The summed E-state index contributed by atoms with van der Waals surface area (Å²) in [7, 11) is 0. The molecular formula is C20H18ClF3N4O4. The van der Waals surface area contributed by atoms with E-state index in [1.165, 1.54) is 24.3 Å². The first kappa shape index (κ1) is 22.1. The van der Waals surface area contributed by atoms with Crippen molar-refractivity contribution in [1.82, 2.24) is 14.9 Å². The molecule has 2 heterocycles. The Morgan fingerprint density at radius 2 is 1.84 bits per heavy atom. The minimum absolute atomic E-state index is 0.0203. The number of carbonyl (C=O) groups is 2. The van der Waals surface area contributed by atoms with Gasteiger partial charge in [-0.1, -0.05) is 36.9 Å². The predicted molar refractivity (Wildman–Crippen MR) is 109 cm³/mol. The number of halogens is 4. The van der Waals surface area contributed by atoms with Gasteiger partial charge in [-0.05, 0) is 31.0 Å².